The molecular weight excluding hydrogens is 370 g/mol. The Kier molecular flexibility index (Phi) is 5.08. The highest BCUT2D eigenvalue weighted by Gasteiger charge is 2.22. The minimum atomic E-state index is -0.0495. The number of benzene rings is 1. The van der Waals surface area contributed by atoms with E-state index in [0.717, 1.165) is 21.7 Å². The fourth-order valence-electron chi connectivity index (χ4n) is 3.13. The molecule has 3 aromatic heterocycles. The average molecular weight is 392 g/mol. The van der Waals surface area contributed by atoms with E-state index in [2.05, 4.69) is 17.2 Å². The molecule has 142 valence electrons. The van der Waals surface area contributed by atoms with Crippen LogP contribution in [-0.2, 0) is 20.1 Å². The summed E-state index contributed by atoms with van der Waals surface area (Å²) < 4.78 is 3.58. The zero-order valence-electron chi connectivity index (χ0n) is 15.8. The van der Waals surface area contributed by atoms with E-state index < -0.39 is 0 Å². The highest BCUT2D eigenvalue weighted by Crippen LogP contribution is 2.28. The van der Waals surface area contributed by atoms with Gasteiger partial charge in [0.15, 0.2) is 0 Å². The third kappa shape index (κ3) is 3.89. The first-order valence-corrected chi connectivity index (χ1v) is 9.86. The first kappa shape index (κ1) is 18.2. The molecule has 28 heavy (non-hydrogen) atoms. The summed E-state index contributed by atoms with van der Waals surface area (Å²) >= 11 is 1.59. The van der Waals surface area contributed by atoms with Crippen molar-refractivity contribution in [2.75, 3.05) is 7.05 Å². The van der Waals surface area contributed by atoms with Crippen molar-refractivity contribution in [3.05, 3.63) is 83.1 Å². The van der Waals surface area contributed by atoms with E-state index in [4.69, 9.17) is 5.10 Å². The SMILES string of the molecule is CN(Cc1cnn(C)c1)C(=O)c1cn(Cc2ccccc2)nc1-c1cccs1. The predicted molar refractivity (Wildman–Crippen MR) is 110 cm³/mol. The van der Waals surface area contributed by atoms with Crippen LogP contribution in [0.3, 0.4) is 0 Å². The molecule has 0 fully saturated rings. The van der Waals surface area contributed by atoms with Crippen LogP contribution in [0.25, 0.3) is 10.6 Å². The van der Waals surface area contributed by atoms with E-state index in [1.165, 1.54) is 0 Å². The fourth-order valence-corrected chi connectivity index (χ4v) is 3.85. The van der Waals surface area contributed by atoms with Crippen molar-refractivity contribution in [1.82, 2.24) is 24.5 Å². The van der Waals surface area contributed by atoms with Gasteiger partial charge in [0.1, 0.15) is 5.69 Å². The summed E-state index contributed by atoms with van der Waals surface area (Å²) in [4.78, 5) is 15.9. The number of hydrogen-bond donors (Lipinski definition) is 0. The number of hydrogen-bond acceptors (Lipinski definition) is 4. The number of carbonyl (C=O) groups is 1. The Balaban J connectivity index is 1.63. The number of rotatable bonds is 6. The van der Waals surface area contributed by atoms with Gasteiger partial charge in [-0.3, -0.25) is 14.2 Å². The molecule has 1 amide bonds. The van der Waals surface area contributed by atoms with Gasteiger partial charge in [0, 0.05) is 38.6 Å². The van der Waals surface area contributed by atoms with Gasteiger partial charge in [-0.25, -0.2) is 0 Å². The summed E-state index contributed by atoms with van der Waals surface area (Å²) in [7, 11) is 3.68. The van der Waals surface area contributed by atoms with E-state index in [9.17, 15) is 4.79 Å². The molecule has 0 unspecified atom stereocenters. The van der Waals surface area contributed by atoms with Crippen molar-refractivity contribution in [3.63, 3.8) is 0 Å². The van der Waals surface area contributed by atoms with Crippen LogP contribution in [0.4, 0.5) is 0 Å². The van der Waals surface area contributed by atoms with Gasteiger partial charge in [-0.1, -0.05) is 36.4 Å². The molecule has 6 nitrogen and oxygen atoms in total. The zero-order chi connectivity index (χ0) is 19.5. The topological polar surface area (TPSA) is 56.0 Å². The van der Waals surface area contributed by atoms with Crippen LogP contribution in [0.1, 0.15) is 21.5 Å². The van der Waals surface area contributed by atoms with Gasteiger partial charge >= 0.3 is 0 Å². The van der Waals surface area contributed by atoms with Crippen molar-refractivity contribution in [1.29, 1.82) is 0 Å². The molecule has 0 aliphatic heterocycles. The molecular formula is C21H21N5OS. The smallest absolute Gasteiger partial charge is 0.257 e. The summed E-state index contributed by atoms with van der Waals surface area (Å²) in [6.45, 7) is 1.12. The van der Waals surface area contributed by atoms with Crippen LogP contribution in [-0.4, -0.2) is 37.4 Å². The van der Waals surface area contributed by atoms with Crippen LogP contribution in [0, 0.1) is 0 Å². The number of aryl methyl sites for hydroxylation is 1. The number of nitrogens with zero attached hydrogens (tertiary/aromatic N) is 5. The standard InChI is InChI=1S/C21H21N5OS/c1-24(12-17-11-22-25(2)13-17)21(27)18-15-26(14-16-7-4-3-5-8-16)23-20(18)19-9-6-10-28-19/h3-11,13,15H,12,14H2,1-2H3. The normalized spacial score (nSPS) is 10.9. The molecule has 0 aliphatic rings. The lowest BCUT2D eigenvalue weighted by atomic mass is 10.2. The molecule has 3 heterocycles. The molecule has 1 aromatic carbocycles. The quantitative estimate of drug-likeness (QED) is 0.504. The molecule has 0 atom stereocenters. The van der Waals surface area contributed by atoms with Crippen LogP contribution in [0.5, 0.6) is 0 Å². The highest BCUT2D eigenvalue weighted by atomic mass is 32.1. The number of amides is 1. The lowest BCUT2D eigenvalue weighted by Crippen LogP contribution is -2.26. The van der Waals surface area contributed by atoms with Gasteiger partial charge in [0.2, 0.25) is 0 Å². The van der Waals surface area contributed by atoms with Gasteiger partial charge < -0.3 is 4.90 Å². The molecule has 0 radical (unpaired) electrons. The van der Waals surface area contributed by atoms with Crippen LogP contribution < -0.4 is 0 Å². The monoisotopic (exact) mass is 391 g/mol. The minimum Gasteiger partial charge on any atom is -0.337 e. The number of aromatic nitrogens is 4. The maximum Gasteiger partial charge on any atom is 0.257 e. The molecule has 0 N–H and O–H groups in total. The van der Waals surface area contributed by atoms with Crippen LogP contribution in [0.2, 0.25) is 0 Å². The first-order valence-electron chi connectivity index (χ1n) is 8.98. The van der Waals surface area contributed by atoms with Crippen molar-refractivity contribution >= 4 is 17.2 Å². The molecule has 0 aliphatic carbocycles. The maximum atomic E-state index is 13.2. The van der Waals surface area contributed by atoms with Gasteiger partial charge in [0.05, 0.1) is 23.2 Å². The van der Waals surface area contributed by atoms with Gasteiger partial charge in [-0.15, -0.1) is 11.3 Å². The molecule has 7 heteroatoms. The Hall–Kier alpha value is -3.19. The first-order chi connectivity index (χ1) is 13.6. The summed E-state index contributed by atoms with van der Waals surface area (Å²) in [5.41, 5.74) is 3.48. The number of thiophene rings is 1. The Morgan fingerprint density at radius 2 is 1.93 bits per heavy atom. The molecule has 4 aromatic rings. The van der Waals surface area contributed by atoms with E-state index >= 15 is 0 Å². The predicted octanol–water partition coefficient (Wildman–Crippen LogP) is 3.67. The third-order valence-electron chi connectivity index (χ3n) is 4.46. The second-order valence-corrected chi connectivity index (χ2v) is 7.68. The second kappa shape index (κ2) is 7.82. The summed E-state index contributed by atoms with van der Waals surface area (Å²) in [5.74, 6) is -0.0495. The third-order valence-corrected chi connectivity index (χ3v) is 5.34. The highest BCUT2D eigenvalue weighted by molar-refractivity contribution is 7.13. The second-order valence-electron chi connectivity index (χ2n) is 6.74. The molecule has 0 bridgehead atoms. The lowest BCUT2D eigenvalue weighted by Gasteiger charge is -2.15. The fraction of sp³-hybridized carbons (Fsp3) is 0.190. The van der Waals surface area contributed by atoms with Crippen molar-refractivity contribution in [2.45, 2.75) is 13.1 Å². The maximum absolute atomic E-state index is 13.2. The van der Waals surface area contributed by atoms with Crippen molar-refractivity contribution in [3.8, 4) is 10.6 Å². The Bertz CT molecular complexity index is 1070. The Morgan fingerprint density at radius 1 is 1.11 bits per heavy atom. The van der Waals surface area contributed by atoms with E-state index in [0.29, 0.717) is 18.7 Å². The zero-order valence-corrected chi connectivity index (χ0v) is 16.6. The largest absolute Gasteiger partial charge is 0.337 e. The van der Waals surface area contributed by atoms with Crippen molar-refractivity contribution < 1.29 is 4.79 Å². The van der Waals surface area contributed by atoms with E-state index in [1.807, 2.05) is 66.9 Å². The van der Waals surface area contributed by atoms with Gasteiger partial charge in [-0.2, -0.15) is 10.2 Å². The van der Waals surface area contributed by atoms with Crippen molar-refractivity contribution in [2.24, 2.45) is 7.05 Å². The summed E-state index contributed by atoms with van der Waals surface area (Å²) in [5, 5.41) is 10.9. The average Bonchev–Trinajstić information content (AvgIpc) is 3.43. The minimum absolute atomic E-state index is 0.0495. The van der Waals surface area contributed by atoms with Crippen LogP contribution >= 0.6 is 11.3 Å². The summed E-state index contributed by atoms with van der Waals surface area (Å²) in [6, 6.07) is 14.1. The molecule has 4 rings (SSSR count). The van der Waals surface area contributed by atoms with Gasteiger partial charge in [0.25, 0.3) is 5.91 Å². The van der Waals surface area contributed by atoms with Gasteiger partial charge in [-0.05, 0) is 17.0 Å². The lowest BCUT2D eigenvalue weighted by molar-refractivity contribution is 0.0785. The van der Waals surface area contributed by atoms with E-state index in [1.54, 1.807) is 27.1 Å². The summed E-state index contributed by atoms with van der Waals surface area (Å²) in [6.07, 6.45) is 5.55. The molecule has 0 saturated carbocycles. The Labute approximate surface area is 167 Å². The molecule has 0 saturated heterocycles. The van der Waals surface area contributed by atoms with E-state index in [-0.39, 0.29) is 5.91 Å². The van der Waals surface area contributed by atoms with Crippen LogP contribution in [0.15, 0.2) is 66.4 Å². The Morgan fingerprint density at radius 3 is 2.61 bits per heavy atom. The molecule has 0 spiro atoms. The number of carbonyl (C=O) groups excluding carboxylic acids is 1.